The summed E-state index contributed by atoms with van der Waals surface area (Å²) in [6.45, 7) is 1.16. The highest BCUT2D eigenvalue weighted by atomic mass is 16.6. The van der Waals surface area contributed by atoms with E-state index in [2.05, 4.69) is 5.32 Å². The first-order valence-corrected chi connectivity index (χ1v) is 7.96. The lowest BCUT2D eigenvalue weighted by Crippen LogP contribution is -2.25. The van der Waals surface area contributed by atoms with E-state index in [1.165, 1.54) is 6.07 Å². The van der Waals surface area contributed by atoms with Gasteiger partial charge in [-0.05, 0) is 42.8 Å². The van der Waals surface area contributed by atoms with Crippen molar-refractivity contribution in [3.05, 3.63) is 53.6 Å². The number of fused-ring (bicyclic) bond motifs is 1. The van der Waals surface area contributed by atoms with Crippen molar-refractivity contribution in [3.63, 3.8) is 0 Å². The maximum Gasteiger partial charge on any atom is 0.344 e. The number of aryl methyl sites for hydroxylation is 1. The number of ketones is 1. The lowest BCUT2D eigenvalue weighted by molar-refractivity contribution is -0.144. The molecule has 1 aliphatic rings. The number of nitrogens with one attached hydrogen (secondary N) is 1. The minimum atomic E-state index is -0.644. The quantitative estimate of drug-likeness (QED) is 0.631. The van der Waals surface area contributed by atoms with Crippen molar-refractivity contribution >= 4 is 23.3 Å². The van der Waals surface area contributed by atoms with Crippen LogP contribution in [0.25, 0.3) is 0 Å². The van der Waals surface area contributed by atoms with Gasteiger partial charge >= 0.3 is 5.97 Å². The zero-order valence-corrected chi connectivity index (χ0v) is 14.1. The predicted molar refractivity (Wildman–Crippen MR) is 92.5 cm³/mol. The van der Waals surface area contributed by atoms with Gasteiger partial charge in [0.05, 0.1) is 5.69 Å². The van der Waals surface area contributed by atoms with Crippen LogP contribution in [-0.4, -0.2) is 37.5 Å². The van der Waals surface area contributed by atoms with Crippen LogP contribution < -0.4 is 14.8 Å². The number of hydrogen-bond donors (Lipinski definition) is 1. The monoisotopic (exact) mass is 355 g/mol. The molecule has 26 heavy (non-hydrogen) atoms. The van der Waals surface area contributed by atoms with Crippen molar-refractivity contribution in [3.8, 4) is 11.5 Å². The fraction of sp³-hybridized carbons (Fsp3) is 0.211. The number of carbonyl (C=O) groups excluding carboxylic acids is 3. The first kappa shape index (κ1) is 17.5. The third-order valence-corrected chi connectivity index (χ3v) is 3.64. The zero-order valence-electron chi connectivity index (χ0n) is 14.1. The molecule has 7 heteroatoms. The molecule has 2 aromatic rings. The molecule has 134 valence electrons. The summed E-state index contributed by atoms with van der Waals surface area (Å²) in [5.41, 5.74) is 1.73. The number of amides is 1. The number of rotatable bonds is 6. The largest absolute Gasteiger partial charge is 0.482 e. The molecule has 0 aromatic heterocycles. The van der Waals surface area contributed by atoms with Gasteiger partial charge in [-0.3, -0.25) is 9.59 Å². The highest BCUT2D eigenvalue weighted by Gasteiger charge is 2.18. The maximum absolute atomic E-state index is 12.2. The molecule has 1 aliphatic heterocycles. The number of carbonyl (C=O) groups is 3. The molecule has 3 rings (SSSR count). The topological polar surface area (TPSA) is 90.9 Å². The van der Waals surface area contributed by atoms with Gasteiger partial charge in [-0.1, -0.05) is 12.1 Å². The second kappa shape index (κ2) is 7.69. The fourth-order valence-electron chi connectivity index (χ4n) is 2.37. The molecule has 0 spiro atoms. The van der Waals surface area contributed by atoms with E-state index < -0.39 is 18.4 Å². The third kappa shape index (κ3) is 4.38. The Morgan fingerprint density at radius 1 is 1.15 bits per heavy atom. The maximum atomic E-state index is 12.2. The van der Waals surface area contributed by atoms with Crippen LogP contribution in [0.3, 0.4) is 0 Å². The third-order valence-electron chi connectivity index (χ3n) is 3.64. The number of Topliss-reactive ketones (excluding diaryl/α,β-unsaturated/α-hetero) is 1. The van der Waals surface area contributed by atoms with Crippen molar-refractivity contribution < 1.29 is 28.6 Å². The summed E-state index contributed by atoms with van der Waals surface area (Å²) in [5.74, 6) is -0.281. The summed E-state index contributed by atoms with van der Waals surface area (Å²) in [6, 6.07) is 11.9. The molecule has 0 aliphatic carbocycles. The van der Waals surface area contributed by atoms with Gasteiger partial charge in [-0.25, -0.2) is 4.79 Å². The SMILES string of the molecule is Cc1cccc(OCC(=O)OCC(=O)c2ccc3c(c2)NC(=O)CO3)c1. The van der Waals surface area contributed by atoms with Gasteiger partial charge in [0.25, 0.3) is 5.91 Å². The Morgan fingerprint density at radius 2 is 2.00 bits per heavy atom. The Kier molecular flexibility index (Phi) is 5.17. The van der Waals surface area contributed by atoms with Gasteiger partial charge in [0, 0.05) is 5.56 Å². The van der Waals surface area contributed by atoms with E-state index in [4.69, 9.17) is 14.2 Å². The Balaban J connectivity index is 1.51. The molecule has 0 fully saturated rings. The molecule has 1 amide bonds. The van der Waals surface area contributed by atoms with E-state index in [0.29, 0.717) is 22.7 Å². The summed E-state index contributed by atoms with van der Waals surface area (Å²) >= 11 is 0. The first-order valence-electron chi connectivity index (χ1n) is 7.96. The van der Waals surface area contributed by atoms with Crippen molar-refractivity contribution in [2.24, 2.45) is 0 Å². The molecular formula is C19H17NO6. The molecule has 0 saturated carbocycles. The van der Waals surface area contributed by atoms with Crippen LogP contribution in [0, 0.1) is 6.92 Å². The summed E-state index contributed by atoms with van der Waals surface area (Å²) in [4.78, 5) is 35.2. The molecule has 1 N–H and O–H groups in total. The number of ether oxygens (including phenoxy) is 3. The molecule has 0 unspecified atom stereocenters. The smallest absolute Gasteiger partial charge is 0.344 e. The van der Waals surface area contributed by atoms with Crippen LogP contribution in [0.1, 0.15) is 15.9 Å². The number of esters is 1. The lowest BCUT2D eigenvalue weighted by atomic mass is 10.1. The van der Waals surface area contributed by atoms with Crippen LogP contribution in [0.2, 0.25) is 0 Å². The highest BCUT2D eigenvalue weighted by Crippen LogP contribution is 2.28. The normalized spacial score (nSPS) is 12.4. The second-order valence-electron chi connectivity index (χ2n) is 5.74. The van der Waals surface area contributed by atoms with Gasteiger partial charge < -0.3 is 19.5 Å². The van der Waals surface area contributed by atoms with E-state index >= 15 is 0 Å². The van der Waals surface area contributed by atoms with Crippen LogP contribution >= 0.6 is 0 Å². The summed E-state index contributed by atoms with van der Waals surface area (Å²) in [6.07, 6.45) is 0. The average Bonchev–Trinajstić information content (AvgIpc) is 2.63. The average molecular weight is 355 g/mol. The van der Waals surface area contributed by atoms with Crippen molar-refractivity contribution in [2.45, 2.75) is 6.92 Å². The Labute approximate surface area is 149 Å². The van der Waals surface area contributed by atoms with E-state index in [9.17, 15) is 14.4 Å². The van der Waals surface area contributed by atoms with Crippen molar-refractivity contribution in [2.75, 3.05) is 25.1 Å². The minimum absolute atomic E-state index is 0.0567. The fourth-order valence-corrected chi connectivity index (χ4v) is 2.37. The van der Waals surface area contributed by atoms with Gasteiger partial charge in [-0.15, -0.1) is 0 Å². The minimum Gasteiger partial charge on any atom is -0.482 e. The molecule has 0 radical (unpaired) electrons. The number of hydrogen-bond acceptors (Lipinski definition) is 6. The molecule has 2 aromatic carbocycles. The molecular weight excluding hydrogens is 338 g/mol. The summed E-state index contributed by atoms with van der Waals surface area (Å²) in [5, 5.41) is 2.62. The van der Waals surface area contributed by atoms with E-state index in [1.54, 1.807) is 24.3 Å². The summed E-state index contributed by atoms with van der Waals surface area (Å²) in [7, 11) is 0. The zero-order chi connectivity index (χ0) is 18.5. The Morgan fingerprint density at radius 3 is 2.81 bits per heavy atom. The molecule has 0 saturated heterocycles. The lowest BCUT2D eigenvalue weighted by Gasteiger charge is -2.18. The predicted octanol–water partition coefficient (Wildman–Crippen LogP) is 2.13. The first-order chi connectivity index (χ1) is 12.5. The van der Waals surface area contributed by atoms with Crippen LogP contribution in [-0.2, 0) is 14.3 Å². The summed E-state index contributed by atoms with van der Waals surface area (Å²) < 4.78 is 15.5. The standard InChI is InChI=1S/C19H17NO6/c1-12-3-2-4-14(7-12)24-11-19(23)26-9-16(21)13-5-6-17-15(8-13)20-18(22)10-25-17/h2-8H,9-11H2,1H3,(H,20,22). The molecule has 7 nitrogen and oxygen atoms in total. The second-order valence-corrected chi connectivity index (χ2v) is 5.74. The highest BCUT2D eigenvalue weighted by molar-refractivity contribution is 6.01. The molecule has 1 heterocycles. The van der Waals surface area contributed by atoms with Crippen molar-refractivity contribution in [1.29, 1.82) is 0 Å². The Bertz CT molecular complexity index is 861. The molecule has 0 bridgehead atoms. The number of anilines is 1. The van der Waals surface area contributed by atoms with Gasteiger partial charge in [0.1, 0.15) is 11.5 Å². The van der Waals surface area contributed by atoms with Gasteiger partial charge in [0.2, 0.25) is 0 Å². The number of benzene rings is 2. The van der Waals surface area contributed by atoms with E-state index in [-0.39, 0.29) is 19.1 Å². The van der Waals surface area contributed by atoms with Crippen LogP contribution in [0.5, 0.6) is 11.5 Å². The van der Waals surface area contributed by atoms with Crippen LogP contribution in [0.15, 0.2) is 42.5 Å². The van der Waals surface area contributed by atoms with Crippen LogP contribution in [0.4, 0.5) is 5.69 Å². The van der Waals surface area contributed by atoms with E-state index in [0.717, 1.165) is 5.56 Å². The van der Waals surface area contributed by atoms with E-state index in [1.807, 2.05) is 19.1 Å². The molecule has 0 atom stereocenters. The van der Waals surface area contributed by atoms with Gasteiger partial charge in [-0.2, -0.15) is 0 Å². The van der Waals surface area contributed by atoms with Crippen molar-refractivity contribution in [1.82, 2.24) is 0 Å². The Hall–Kier alpha value is -3.35. The van der Waals surface area contributed by atoms with Gasteiger partial charge in [0.15, 0.2) is 25.6 Å².